The molecular formula is C15H21ClN2O3. The van der Waals surface area contributed by atoms with Gasteiger partial charge in [0.25, 0.3) is 5.91 Å². The number of amides is 1. The number of nitro groups is 1. The van der Waals surface area contributed by atoms with Gasteiger partial charge in [0.05, 0.1) is 4.92 Å². The number of carbonyl (C=O) groups excluding carboxylic acids is 1. The second kappa shape index (κ2) is 9.34. The number of hydrogen-bond acceptors (Lipinski definition) is 3. The van der Waals surface area contributed by atoms with Crippen molar-refractivity contribution in [1.82, 2.24) is 5.32 Å². The lowest BCUT2D eigenvalue weighted by molar-refractivity contribution is -0.385. The lowest BCUT2D eigenvalue weighted by atomic mass is 10.1. The molecule has 0 saturated carbocycles. The van der Waals surface area contributed by atoms with Crippen LogP contribution in [0.5, 0.6) is 0 Å². The molecule has 0 unspecified atom stereocenters. The van der Waals surface area contributed by atoms with E-state index in [-0.39, 0.29) is 16.3 Å². The molecule has 0 radical (unpaired) electrons. The summed E-state index contributed by atoms with van der Waals surface area (Å²) < 4.78 is 0. The predicted molar refractivity (Wildman–Crippen MR) is 83.8 cm³/mol. The molecule has 1 aromatic rings. The molecule has 1 amide bonds. The van der Waals surface area contributed by atoms with Crippen LogP contribution in [0.15, 0.2) is 18.2 Å². The number of nitro benzene ring substituents is 1. The summed E-state index contributed by atoms with van der Waals surface area (Å²) in [6.45, 7) is 2.69. The van der Waals surface area contributed by atoms with Crippen molar-refractivity contribution in [3.05, 3.63) is 38.9 Å². The Bertz CT molecular complexity index is 492. The van der Waals surface area contributed by atoms with Crippen LogP contribution >= 0.6 is 11.6 Å². The van der Waals surface area contributed by atoms with Gasteiger partial charge in [0.15, 0.2) is 0 Å². The summed E-state index contributed by atoms with van der Waals surface area (Å²) >= 11 is 5.78. The van der Waals surface area contributed by atoms with Crippen LogP contribution in [0.3, 0.4) is 0 Å². The molecule has 1 N–H and O–H groups in total. The zero-order valence-corrected chi connectivity index (χ0v) is 13.0. The van der Waals surface area contributed by atoms with E-state index in [1.54, 1.807) is 0 Å². The maximum Gasteiger partial charge on any atom is 0.300 e. The van der Waals surface area contributed by atoms with Crippen LogP contribution in [0.2, 0.25) is 5.02 Å². The maximum atomic E-state index is 12.0. The molecule has 116 valence electrons. The van der Waals surface area contributed by atoms with E-state index in [2.05, 4.69) is 12.2 Å². The monoisotopic (exact) mass is 312 g/mol. The molecule has 0 aromatic heterocycles. The molecule has 0 aliphatic carbocycles. The average Bonchev–Trinajstić information content (AvgIpc) is 2.45. The van der Waals surface area contributed by atoms with E-state index in [1.807, 2.05) is 0 Å². The number of hydrogen-bond donors (Lipinski definition) is 1. The lowest BCUT2D eigenvalue weighted by Crippen LogP contribution is -2.25. The first-order chi connectivity index (χ1) is 10.1. The number of rotatable bonds is 9. The number of carbonyl (C=O) groups is 1. The van der Waals surface area contributed by atoms with E-state index in [1.165, 1.54) is 37.5 Å². The van der Waals surface area contributed by atoms with Crippen molar-refractivity contribution in [3.8, 4) is 0 Å². The predicted octanol–water partition coefficient (Wildman–Crippen LogP) is 4.34. The van der Waals surface area contributed by atoms with Crippen molar-refractivity contribution in [2.45, 2.75) is 45.4 Å². The van der Waals surface area contributed by atoms with Crippen LogP contribution in [-0.4, -0.2) is 17.4 Å². The maximum absolute atomic E-state index is 12.0. The fraction of sp³-hybridized carbons (Fsp3) is 0.533. The van der Waals surface area contributed by atoms with Gasteiger partial charge in [-0.3, -0.25) is 14.9 Å². The molecule has 21 heavy (non-hydrogen) atoms. The molecular weight excluding hydrogens is 292 g/mol. The van der Waals surface area contributed by atoms with Crippen molar-refractivity contribution in [3.63, 3.8) is 0 Å². The van der Waals surface area contributed by atoms with Crippen molar-refractivity contribution in [1.29, 1.82) is 0 Å². The van der Waals surface area contributed by atoms with Gasteiger partial charge in [0.2, 0.25) is 0 Å². The normalized spacial score (nSPS) is 10.4. The van der Waals surface area contributed by atoms with Crippen LogP contribution in [-0.2, 0) is 0 Å². The summed E-state index contributed by atoms with van der Waals surface area (Å²) in [7, 11) is 0. The Morgan fingerprint density at radius 3 is 2.57 bits per heavy atom. The Morgan fingerprint density at radius 1 is 1.24 bits per heavy atom. The van der Waals surface area contributed by atoms with E-state index < -0.39 is 10.8 Å². The third-order valence-corrected chi connectivity index (χ3v) is 3.53. The Hall–Kier alpha value is -1.62. The number of para-hydroxylation sites is 1. The number of nitrogens with zero attached hydrogens (tertiary/aromatic N) is 1. The topological polar surface area (TPSA) is 72.2 Å². The summed E-state index contributed by atoms with van der Waals surface area (Å²) in [6.07, 6.45) is 6.74. The first-order valence-corrected chi connectivity index (χ1v) is 7.66. The molecule has 6 heteroatoms. The highest BCUT2D eigenvalue weighted by Crippen LogP contribution is 2.27. The second-order valence-electron chi connectivity index (χ2n) is 4.92. The van der Waals surface area contributed by atoms with Crippen LogP contribution in [0.25, 0.3) is 0 Å². The number of halogens is 1. The van der Waals surface area contributed by atoms with Crippen molar-refractivity contribution >= 4 is 23.2 Å². The third kappa shape index (κ3) is 5.71. The molecule has 5 nitrogen and oxygen atoms in total. The quantitative estimate of drug-likeness (QED) is 0.419. The number of benzene rings is 1. The Kier molecular flexibility index (Phi) is 7.75. The Balaban J connectivity index is 2.46. The highest BCUT2D eigenvalue weighted by Gasteiger charge is 2.23. The fourth-order valence-corrected chi connectivity index (χ4v) is 2.33. The highest BCUT2D eigenvalue weighted by molar-refractivity contribution is 6.33. The molecule has 0 atom stereocenters. The summed E-state index contributed by atoms with van der Waals surface area (Å²) in [5.74, 6) is -0.447. The zero-order chi connectivity index (χ0) is 15.7. The minimum Gasteiger partial charge on any atom is -0.352 e. The smallest absolute Gasteiger partial charge is 0.300 e. The summed E-state index contributed by atoms with van der Waals surface area (Å²) in [4.78, 5) is 22.3. The van der Waals surface area contributed by atoms with Gasteiger partial charge >= 0.3 is 5.69 Å². The second-order valence-corrected chi connectivity index (χ2v) is 5.32. The van der Waals surface area contributed by atoms with E-state index >= 15 is 0 Å². The van der Waals surface area contributed by atoms with E-state index in [9.17, 15) is 14.9 Å². The summed E-state index contributed by atoms with van der Waals surface area (Å²) in [6, 6.07) is 4.36. The van der Waals surface area contributed by atoms with Crippen LogP contribution in [0.4, 0.5) is 5.69 Å². The van der Waals surface area contributed by atoms with Gasteiger partial charge in [-0.2, -0.15) is 0 Å². The van der Waals surface area contributed by atoms with Crippen molar-refractivity contribution in [2.75, 3.05) is 6.54 Å². The van der Waals surface area contributed by atoms with Gasteiger partial charge in [-0.05, 0) is 18.6 Å². The third-order valence-electron chi connectivity index (χ3n) is 3.23. The molecule has 0 heterocycles. The molecule has 0 spiro atoms. The number of unbranched alkanes of at least 4 members (excludes halogenated alkanes) is 5. The van der Waals surface area contributed by atoms with Gasteiger partial charge in [-0.1, -0.05) is 56.7 Å². The summed E-state index contributed by atoms with van der Waals surface area (Å²) in [5, 5.41) is 13.7. The molecule has 1 rings (SSSR count). The molecule has 0 aliphatic heterocycles. The SMILES string of the molecule is CCCCCCCCNC(=O)c1cccc(Cl)c1[N+](=O)[O-]. The fourth-order valence-electron chi connectivity index (χ4n) is 2.09. The minimum absolute atomic E-state index is 0.0125. The van der Waals surface area contributed by atoms with Gasteiger partial charge < -0.3 is 5.32 Å². The average molecular weight is 313 g/mol. The van der Waals surface area contributed by atoms with Gasteiger partial charge in [-0.25, -0.2) is 0 Å². The van der Waals surface area contributed by atoms with E-state index in [0.29, 0.717) is 6.54 Å². The van der Waals surface area contributed by atoms with Crippen LogP contribution in [0, 0.1) is 10.1 Å². The van der Waals surface area contributed by atoms with E-state index in [0.717, 1.165) is 19.3 Å². The largest absolute Gasteiger partial charge is 0.352 e. The van der Waals surface area contributed by atoms with E-state index in [4.69, 9.17) is 11.6 Å². The number of nitrogens with one attached hydrogen (secondary N) is 1. The minimum atomic E-state index is -0.623. The Labute approximate surface area is 129 Å². The molecule has 0 bridgehead atoms. The molecule has 0 fully saturated rings. The standard InChI is InChI=1S/C15H21ClN2O3/c1-2-3-4-5-6-7-11-17-15(19)12-9-8-10-13(16)14(12)18(20)21/h8-10H,2-7,11H2,1H3,(H,17,19). The molecule has 1 aromatic carbocycles. The van der Waals surface area contributed by atoms with Gasteiger partial charge in [-0.15, -0.1) is 0 Å². The highest BCUT2D eigenvalue weighted by atomic mass is 35.5. The molecule has 0 aliphatic rings. The van der Waals surface area contributed by atoms with Crippen LogP contribution in [0.1, 0.15) is 55.8 Å². The summed E-state index contributed by atoms with van der Waals surface area (Å²) in [5.41, 5.74) is -0.321. The first kappa shape index (κ1) is 17.4. The van der Waals surface area contributed by atoms with Gasteiger partial charge in [0, 0.05) is 6.54 Å². The van der Waals surface area contributed by atoms with Crippen molar-refractivity contribution in [2.24, 2.45) is 0 Å². The first-order valence-electron chi connectivity index (χ1n) is 7.29. The van der Waals surface area contributed by atoms with Gasteiger partial charge in [0.1, 0.15) is 10.6 Å². The van der Waals surface area contributed by atoms with Crippen LogP contribution < -0.4 is 5.32 Å². The zero-order valence-electron chi connectivity index (χ0n) is 12.2. The lowest BCUT2D eigenvalue weighted by Gasteiger charge is -2.06. The molecule has 0 saturated heterocycles. The van der Waals surface area contributed by atoms with Crippen molar-refractivity contribution < 1.29 is 9.72 Å². The Morgan fingerprint density at radius 2 is 1.90 bits per heavy atom.